The highest BCUT2D eigenvalue weighted by Crippen LogP contribution is 2.33. The van der Waals surface area contributed by atoms with Crippen LogP contribution in [0.1, 0.15) is 29.6 Å². The topological polar surface area (TPSA) is 60.7 Å². The summed E-state index contributed by atoms with van der Waals surface area (Å²) >= 11 is 1.65. The van der Waals surface area contributed by atoms with Gasteiger partial charge in [0.1, 0.15) is 5.69 Å². The van der Waals surface area contributed by atoms with E-state index in [0.717, 1.165) is 52.2 Å². The normalized spacial score (nSPS) is 11.1. The van der Waals surface area contributed by atoms with Crippen LogP contribution in [0.2, 0.25) is 0 Å². The Hall–Kier alpha value is -3.64. The van der Waals surface area contributed by atoms with E-state index in [1.54, 1.807) is 23.9 Å². The second-order valence-corrected chi connectivity index (χ2v) is 8.60. The largest absolute Gasteiger partial charge is 0.337 e. The first-order valence-corrected chi connectivity index (χ1v) is 11.6. The summed E-state index contributed by atoms with van der Waals surface area (Å²) in [6.45, 7) is 0.877. The third-order valence-electron chi connectivity index (χ3n) is 5.42. The van der Waals surface area contributed by atoms with Gasteiger partial charge in [-0.05, 0) is 42.5 Å². The van der Waals surface area contributed by atoms with Gasteiger partial charge in [-0.15, -0.1) is 11.3 Å². The number of hydrogen-bond acceptors (Lipinski definition) is 5. The molecule has 0 aliphatic heterocycles. The van der Waals surface area contributed by atoms with Crippen LogP contribution in [0.15, 0.2) is 84.8 Å². The SMILES string of the molecule is O=C(CCCCn1ccnc1)c1ccc2nc(-c3cccs3)c(-c3ccccc3)nc2c1. The van der Waals surface area contributed by atoms with Gasteiger partial charge in [0.05, 0.1) is 27.9 Å². The van der Waals surface area contributed by atoms with Gasteiger partial charge in [0.15, 0.2) is 5.78 Å². The number of thiophene rings is 1. The van der Waals surface area contributed by atoms with Crippen molar-refractivity contribution in [1.29, 1.82) is 0 Å². The summed E-state index contributed by atoms with van der Waals surface area (Å²) in [4.78, 5) is 27.8. The molecule has 6 heteroatoms. The molecule has 0 saturated carbocycles. The quantitative estimate of drug-likeness (QED) is 0.211. The summed E-state index contributed by atoms with van der Waals surface area (Å²) in [5.41, 5.74) is 4.96. The van der Waals surface area contributed by atoms with Crippen molar-refractivity contribution in [3.05, 3.63) is 90.3 Å². The van der Waals surface area contributed by atoms with E-state index in [9.17, 15) is 4.79 Å². The first-order chi connectivity index (χ1) is 15.8. The van der Waals surface area contributed by atoms with Gasteiger partial charge in [-0.3, -0.25) is 4.79 Å². The summed E-state index contributed by atoms with van der Waals surface area (Å²) in [5.74, 6) is 0.142. The van der Waals surface area contributed by atoms with Crippen LogP contribution >= 0.6 is 11.3 Å². The van der Waals surface area contributed by atoms with E-state index in [-0.39, 0.29) is 5.78 Å². The minimum Gasteiger partial charge on any atom is -0.337 e. The lowest BCUT2D eigenvalue weighted by Gasteiger charge is -2.10. The van der Waals surface area contributed by atoms with Gasteiger partial charge in [0.2, 0.25) is 0 Å². The molecule has 0 radical (unpaired) electrons. The van der Waals surface area contributed by atoms with Crippen molar-refractivity contribution < 1.29 is 4.79 Å². The van der Waals surface area contributed by atoms with Crippen molar-refractivity contribution in [2.45, 2.75) is 25.8 Å². The zero-order chi connectivity index (χ0) is 21.8. The molecular formula is C26H22N4OS. The van der Waals surface area contributed by atoms with Gasteiger partial charge in [0, 0.05) is 36.5 Å². The highest BCUT2D eigenvalue weighted by atomic mass is 32.1. The lowest BCUT2D eigenvalue weighted by atomic mass is 10.0. The summed E-state index contributed by atoms with van der Waals surface area (Å²) in [5, 5.41) is 2.05. The molecule has 0 amide bonds. The number of Topliss-reactive ketones (excluding diaryl/α,β-unsaturated/α-hetero) is 1. The molecule has 0 bridgehead atoms. The zero-order valence-electron chi connectivity index (χ0n) is 17.5. The summed E-state index contributed by atoms with van der Waals surface area (Å²) in [6, 6.07) is 19.8. The summed E-state index contributed by atoms with van der Waals surface area (Å²) < 4.78 is 2.03. The molecule has 3 aromatic heterocycles. The van der Waals surface area contributed by atoms with Gasteiger partial charge in [-0.1, -0.05) is 36.4 Å². The Labute approximate surface area is 190 Å². The molecule has 0 aliphatic rings. The number of imidazole rings is 1. The Kier molecular flexibility index (Phi) is 5.85. The van der Waals surface area contributed by atoms with E-state index in [1.165, 1.54) is 0 Å². The molecule has 5 aromatic rings. The fraction of sp³-hybridized carbons (Fsp3) is 0.154. The smallest absolute Gasteiger partial charge is 0.162 e. The van der Waals surface area contributed by atoms with Gasteiger partial charge >= 0.3 is 0 Å². The number of fused-ring (bicyclic) bond motifs is 1. The van der Waals surface area contributed by atoms with E-state index < -0.39 is 0 Å². The number of unbranched alkanes of at least 4 members (excludes halogenated alkanes) is 1. The van der Waals surface area contributed by atoms with Gasteiger partial charge < -0.3 is 4.57 Å². The molecule has 0 aliphatic carbocycles. The van der Waals surface area contributed by atoms with Gasteiger partial charge in [-0.25, -0.2) is 15.0 Å². The Morgan fingerprint density at radius 2 is 1.78 bits per heavy atom. The molecular weight excluding hydrogens is 416 g/mol. The summed E-state index contributed by atoms with van der Waals surface area (Å²) in [6.07, 6.45) is 7.82. The van der Waals surface area contributed by atoms with Crippen LogP contribution in [0, 0.1) is 0 Å². The minimum absolute atomic E-state index is 0.142. The molecule has 3 heterocycles. The average Bonchev–Trinajstić information content (AvgIpc) is 3.56. The van der Waals surface area contributed by atoms with Crippen LogP contribution in [0.4, 0.5) is 0 Å². The van der Waals surface area contributed by atoms with E-state index in [0.29, 0.717) is 12.0 Å². The number of carbonyl (C=O) groups is 1. The number of benzene rings is 2. The average molecular weight is 439 g/mol. The van der Waals surface area contributed by atoms with Gasteiger partial charge in [-0.2, -0.15) is 0 Å². The van der Waals surface area contributed by atoms with E-state index >= 15 is 0 Å². The molecule has 0 unspecified atom stereocenters. The van der Waals surface area contributed by atoms with Crippen molar-refractivity contribution in [3.8, 4) is 21.8 Å². The third kappa shape index (κ3) is 4.36. The van der Waals surface area contributed by atoms with Gasteiger partial charge in [0.25, 0.3) is 0 Å². The van der Waals surface area contributed by atoms with E-state index in [1.807, 2.05) is 70.7 Å². The first kappa shape index (κ1) is 20.3. The Balaban J connectivity index is 1.42. The maximum absolute atomic E-state index is 12.8. The maximum atomic E-state index is 12.8. The molecule has 0 N–H and O–H groups in total. The van der Waals surface area contributed by atoms with E-state index in [4.69, 9.17) is 9.97 Å². The van der Waals surface area contributed by atoms with Crippen LogP contribution in [0.25, 0.3) is 32.9 Å². The van der Waals surface area contributed by atoms with Crippen molar-refractivity contribution in [3.63, 3.8) is 0 Å². The second-order valence-electron chi connectivity index (χ2n) is 7.65. The van der Waals surface area contributed by atoms with Crippen molar-refractivity contribution in [2.24, 2.45) is 0 Å². The Morgan fingerprint density at radius 1 is 0.906 bits per heavy atom. The van der Waals surface area contributed by atoms with Crippen LogP contribution in [-0.4, -0.2) is 25.3 Å². The Morgan fingerprint density at radius 3 is 2.56 bits per heavy atom. The zero-order valence-corrected chi connectivity index (χ0v) is 18.3. The first-order valence-electron chi connectivity index (χ1n) is 10.7. The monoisotopic (exact) mass is 438 g/mol. The molecule has 0 fully saturated rings. The fourth-order valence-electron chi connectivity index (χ4n) is 3.75. The maximum Gasteiger partial charge on any atom is 0.162 e. The molecule has 158 valence electrons. The van der Waals surface area contributed by atoms with Crippen LogP contribution < -0.4 is 0 Å². The Bertz CT molecular complexity index is 1330. The number of rotatable bonds is 8. The second kappa shape index (κ2) is 9.24. The number of hydrogen-bond donors (Lipinski definition) is 0. The number of carbonyl (C=O) groups excluding carboxylic acids is 1. The van der Waals surface area contributed by atoms with E-state index in [2.05, 4.69) is 11.1 Å². The highest BCUT2D eigenvalue weighted by molar-refractivity contribution is 7.13. The standard InChI is InChI=1S/C26H22N4OS/c31-23(9-4-5-14-30-15-13-27-18-30)20-11-12-21-22(17-20)29-25(19-7-2-1-3-8-19)26(28-21)24-10-6-16-32-24/h1-3,6-8,10-13,15-18H,4-5,9,14H2. The fourth-order valence-corrected chi connectivity index (χ4v) is 4.47. The number of ketones is 1. The van der Waals surface area contributed by atoms with Crippen molar-refractivity contribution >= 4 is 28.2 Å². The lowest BCUT2D eigenvalue weighted by molar-refractivity contribution is 0.0979. The molecule has 0 saturated heterocycles. The number of aryl methyl sites for hydroxylation is 1. The molecule has 0 atom stereocenters. The predicted octanol–water partition coefficient (Wildman–Crippen LogP) is 6.28. The van der Waals surface area contributed by atoms with Crippen LogP contribution in [0.3, 0.4) is 0 Å². The molecule has 32 heavy (non-hydrogen) atoms. The predicted molar refractivity (Wildman–Crippen MR) is 129 cm³/mol. The molecule has 2 aromatic carbocycles. The summed E-state index contributed by atoms with van der Waals surface area (Å²) in [7, 11) is 0. The minimum atomic E-state index is 0.142. The lowest BCUT2D eigenvalue weighted by Crippen LogP contribution is -2.02. The molecule has 5 rings (SSSR count). The molecule has 5 nitrogen and oxygen atoms in total. The highest BCUT2D eigenvalue weighted by Gasteiger charge is 2.15. The van der Waals surface area contributed by atoms with Crippen molar-refractivity contribution in [1.82, 2.24) is 19.5 Å². The van der Waals surface area contributed by atoms with Crippen LogP contribution in [-0.2, 0) is 6.54 Å². The van der Waals surface area contributed by atoms with Crippen molar-refractivity contribution in [2.75, 3.05) is 0 Å². The molecule has 0 spiro atoms. The van der Waals surface area contributed by atoms with Crippen LogP contribution in [0.5, 0.6) is 0 Å². The number of nitrogens with zero attached hydrogens (tertiary/aromatic N) is 4. The number of aromatic nitrogens is 4. The third-order valence-corrected chi connectivity index (χ3v) is 6.29.